The Morgan fingerprint density at radius 3 is 2.04 bits per heavy atom. The smallest absolute Gasteiger partial charge is 0.335 e. The quantitative estimate of drug-likeness (QED) is 0.554. The minimum Gasteiger partial charge on any atom is -0.478 e. The highest BCUT2D eigenvalue weighted by Gasteiger charge is 2.06. The fourth-order valence-electron chi connectivity index (χ4n) is 2.03. The van der Waals surface area contributed by atoms with E-state index in [9.17, 15) is 4.79 Å². The van der Waals surface area contributed by atoms with Gasteiger partial charge in [-0.1, -0.05) is 30.4 Å². The Morgan fingerprint density at radius 1 is 0.880 bits per heavy atom. The van der Waals surface area contributed by atoms with Gasteiger partial charge in [0.1, 0.15) is 0 Å². The van der Waals surface area contributed by atoms with Crippen LogP contribution in [0.3, 0.4) is 0 Å². The van der Waals surface area contributed by atoms with Gasteiger partial charge in [-0.2, -0.15) is 0 Å². The minimum atomic E-state index is -0.942. The number of carboxylic acid groups (broad SMARTS) is 1. The number of methoxy groups -OCH3 is 2. The molecule has 1 N–H and O–H groups in total. The predicted molar refractivity (Wildman–Crippen MR) is 93.8 cm³/mol. The Hall–Kier alpha value is -2.83. The summed E-state index contributed by atoms with van der Waals surface area (Å²) < 4.78 is 20.8. The lowest BCUT2D eigenvalue weighted by Crippen LogP contribution is -2.04. The lowest BCUT2D eigenvalue weighted by molar-refractivity contribution is 0.0322. The molecule has 0 unspecified atom stereocenters. The predicted octanol–water partition coefficient (Wildman–Crippen LogP) is 3.52. The van der Waals surface area contributed by atoms with Gasteiger partial charge in [-0.15, -0.1) is 0 Å². The molecule has 6 nitrogen and oxygen atoms in total. The molecule has 0 aliphatic carbocycles. The second kappa shape index (κ2) is 9.46. The molecule has 25 heavy (non-hydrogen) atoms. The van der Waals surface area contributed by atoms with E-state index in [4.69, 9.17) is 24.1 Å². The summed E-state index contributed by atoms with van der Waals surface area (Å²) in [6, 6.07) is 12.1. The maximum atomic E-state index is 10.9. The lowest BCUT2D eigenvalue weighted by atomic mass is 10.1. The van der Waals surface area contributed by atoms with E-state index in [1.54, 1.807) is 44.6 Å². The van der Waals surface area contributed by atoms with E-state index in [1.807, 2.05) is 24.3 Å². The molecule has 0 aromatic heterocycles. The maximum absolute atomic E-state index is 10.9. The number of benzene rings is 2. The zero-order chi connectivity index (χ0) is 18.1. The van der Waals surface area contributed by atoms with Gasteiger partial charge in [-0.05, 0) is 35.4 Å². The average Bonchev–Trinajstić information content (AvgIpc) is 2.64. The van der Waals surface area contributed by atoms with Crippen LogP contribution in [-0.4, -0.2) is 38.9 Å². The van der Waals surface area contributed by atoms with Gasteiger partial charge in [0.15, 0.2) is 25.1 Å². The highest BCUT2D eigenvalue weighted by molar-refractivity contribution is 5.88. The molecule has 132 valence electrons. The van der Waals surface area contributed by atoms with Crippen LogP contribution in [0.2, 0.25) is 0 Å². The zero-order valence-electron chi connectivity index (χ0n) is 14.1. The highest BCUT2D eigenvalue weighted by Crippen LogP contribution is 2.29. The summed E-state index contributed by atoms with van der Waals surface area (Å²) >= 11 is 0. The Morgan fingerprint density at radius 2 is 1.44 bits per heavy atom. The molecule has 6 heteroatoms. The van der Waals surface area contributed by atoms with Gasteiger partial charge in [0, 0.05) is 14.2 Å². The minimum absolute atomic E-state index is 0.104. The first-order valence-electron chi connectivity index (χ1n) is 7.53. The van der Waals surface area contributed by atoms with Crippen LogP contribution in [0.4, 0.5) is 0 Å². The van der Waals surface area contributed by atoms with Gasteiger partial charge in [0.2, 0.25) is 0 Å². The largest absolute Gasteiger partial charge is 0.478 e. The molecule has 0 aliphatic rings. The van der Waals surface area contributed by atoms with E-state index >= 15 is 0 Å². The molecular weight excluding hydrogens is 324 g/mol. The van der Waals surface area contributed by atoms with Gasteiger partial charge in [0.25, 0.3) is 0 Å². The summed E-state index contributed by atoms with van der Waals surface area (Å²) in [6.45, 7) is 0.224. The molecular formula is C19H20O6. The van der Waals surface area contributed by atoms with Crippen molar-refractivity contribution in [2.75, 3.05) is 27.8 Å². The molecule has 0 spiro atoms. The molecule has 0 saturated carbocycles. The Labute approximate surface area is 146 Å². The Kier molecular flexibility index (Phi) is 7.00. The van der Waals surface area contributed by atoms with Crippen molar-refractivity contribution >= 4 is 18.1 Å². The molecule has 0 fully saturated rings. The van der Waals surface area contributed by atoms with Crippen molar-refractivity contribution in [1.82, 2.24) is 0 Å². The maximum Gasteiger partial charge on any atom is 0.335 e. The fraction of sp³-hybridized carbons (Fsp3) is 0.211. The van der Waals surface area contributed by atoms with Crippen LogP contribution in [0.5, 0.6) is 11.5 Å². The summed E-state index contributed by atoms with van der Waals surface area (Å²) in [5.74, 6) is 0.159. The van der Waals surface area contributed by atoms with E-state index < -0.39 is 5.97 Å². The molecule has 0 heterocycles. The first kappa shape index (κ1) is 18.5. The van der Waals surface area contributed by atoms with Crippen LogP contribution in [0, 0.1) is 0 Å². The summed E-state index contributed by atoms with van der Waals surface area (Å²) in [7, 11) is 3.09. The molecule has 2 aromatic rings. The van der Waals surface area contributed by atoms with E-state index in [-0.39, 0.29) is 19.1 Å². The summed E-state index contributed by atoms with van der Waals surface area (Å²) in [6.07, 6.45) is 3.78. The second-order valence-corrected chi connectivity index (χ2v) is 5.07. The molecule has 2 rings (SSSR count). The average molecular weight is 344 g/mol. The molecule has 0 radical (unpaired) electrons. The van der Waals surface area contributed by atoms with E-state index in [2.05, 4.69) is 0 Å². The number of rotatable bonds is 9. The third kappa shape index (κ3) is 5.63. The molecule has 2 aromatic carbocycles. The van der Waals surface area contributed by atoms with Crippen molar-refractivity contribution in [3.05, 3.63) is 59.2 Å². The van der Waals surface area contributed by atoms with Gasteiger partial charge >= 0.3 is 5.97 Å². The fourth-order valence-corrected chi connectivity index (χ4v) is 2.03. The summed E-state index contributed by atoms with van der Waals surface area (Å²) in [4.78, 5) is 10.9. The Bertz CT molecular complexity index is 721. The number of hydrogen-bond acceptors (Lipinski definition) is 5. The molecule has 0 saturated heterocycles. The second-order valence-electron chi connectivity index (χ2n) is 5.07. The number of ether oxygens (including phenoxy) is 4. The number of carboxylic acids is 1. The standard InChI is InChI=1S/C19H20O6/c1-22-12-24-17-10-7-15(11-18(17)25-13-23-2)4-3-14-5-8-16(9-6-14)19(20)21/h3-11H,12-13H2,1-2H3,(H,20,21). The highest BCUT2D eigenvalue weighted by atomic mass is 16.7. The van der Waals surface area contributed by atoms with Crippen molar-refractivity contribution in [3.8, 4) is 11.5 Å². The van der Waals surface area contributed by atoms with Gasteiger partial charge in [-0.3, -0.25) is 0 Å². The number of aromatic carboxylic acids is 1. The SMILES string of the molecule is COCOc1ccc(C=Cc2ccc(C(=O)O)cc2)cc1OCOC. The first-order chi connectivity index (χ1) is 12.1. The van der Waals surface area contributed by atoms with Gasteiger partial charge < -0.3 is 24.1 Å². The van der Waals surface area contributed by atoms with E-state index in [1.165, 1.54) is 0 Å². The van der Waals surface area contributed by atoms with Crippen LogP contribution in [-0.2, 0) is 9.47 Å². The van der Waals surface area contributed by atoms with Crippen LogP contribution >= 0.6 is 0 Å². The number of hydrogen-bond donors (Lipinski definition) is 1. The van der Waals surface area contributed by atoms with E-state index in [0.717, 1.165) is 11.1 Å². The van der Waals surface area contributed by atoms with Crippen LogP contribution < -0.4 is 9.47 Å². The van der Waals surface area contributed by atoms with Crippen molar-refractivity contribution in [3.63, 3.8) is 0 Å². The summed E-state index contributed by atoms with van der Waals surface area (Å²) in [5, 5.41) is 8.91. The molecule has 0 bridgehead atoms. The topological polar surface area (TPSA) is 74.2 Å². The third-order valence-corrected chi connectivity index (χ3v) is 3.26. The monoisotopic (exact) mass is 344 g/mol. The molecule has 0 amide bonds. The first-order valence-corrected chi connectivity index (χ1v) is 7.53. The molecule has 0 atom stereocenters. The van der Waals surface area contributed by atoms with Crippen molar-refractivity contribution in [2.24, 2.45) is 0 Å². The lowest BCUT2D eigenvalue weighted by Gasteiger charge is -2.12. The third-order valence-electron chi connectivity index (χ3n) is 3.26. The normalized spacial score (nSPS) is 10.8. The molecule has 0 aliphatic heterocycles. The van der Waals surface area contributed by atoms with Crippen LogP contribution in [0.15, 0.2) is 42.5 Å². The van der Waals surface area contributed by atoms with Crippen LogP contribution in [0.1, 0.15) is 21.5 Å². The Balaban J connectivity index is 2.15. The number of carbonyl (C=O) groups is 1. The van der Waals surface area contributed by atoms with Gasteiger partial charge in [-0.25, -0.2) is 4.79 Å². The van der Waals surface area contributed by atoms with Gasteiger partial charge in [0.05, 0.1) is 5.56 Å². The van der Waals surface area contributed by atoms with Crippen molar-refractivity contribution in [2.45, 2.75) is 0 Å². The van der Waals surface area contributed by atoms with E-state index in [0.29, 0.717) is 11.5 Å². The van der Waals surface area contributed by atoms with Crippen molar-refractivity contribution < 1.29 is 28.8 Å². The summed E-state index contributed by atoms with van der Waals surface area (Å²) in [5.41, 5.74) is 2.05. The van der Waals surface area contributed by atoms with Crippen LogP contribution in [0.25, 0.3) is 12.2 Å². The van der Waals surface area contributed by atoms with Crippen molar-refractivity contribution in [1.29, 1.82) is 0 Å². The zero-order valence-corrected chi connectivity index (χ0v) is 14.1.